The van der Waals surface area contributed by atoms with Gasteiger partial charge >= 0.3 is 0 Å². The molecule has 1 N–H and O–H groups in total. The zero-order valence-corrected chi connectivity index (χ0v) is 13.4. The predicted octanol–water partition coefficient (Wildman–Crippen LogP) is 3.42. The first kappa shape index (κ1) is 15.4. The maximum atomic E-state index is 12.5. The number of methoxy groups -OCH3 is 1. The van der Waals surface area contributed by atoms with Gasteiger partial charge in [0.2, 0.25) is 0 Å². The normalized spacial score (nSPS) is 11.2. The molecule has 4 nitrogen and oxygen atoms in total. The molecule has 0 unspecified atom stereocenters. The Kier molecular flexibility index (Phi) is 4.23. The molecule has 0 aliphatic rings. The van der Waals surface area contributed by atoms with Gasteiger partial charge in [-0.2, -0.15) is 0 Å². The van der Waals surface area contributed by atoms with Crippen LogP contribution < -0.4 is 9.46 Å². The summed E-state index contributed by atoms with van der Waals surface area (Å²) in [5.41, 5.74) is 3.48. The van der Waals surface area contributed by atoms with Gasteiger partial charge < -0.3 is 4.74 Å². The summed E-state index contributed by atoms with van der Waals surface area (Å²) in [5, 5.41) is 0. The van der Waals surface area contributed by atoms with Crippen molar-refractivity contribution in [3.05, 3.63) is 53.1 Å². The van der Waals surface area contributed by atoms with Gasteiger partial charge in [0, 0.05) is 0 Å². The highest BCUT2D eigenvalue weighted by Gasteiger charge is 2.20. The van der Waals surface area contributed by atoms with Gasteiger partial charge in [-0.3, -0.25) is 4.72 Å². The van der Waals surface area contributed by atoms with Crippen LogP contribution in [0.5, 0.6) is 5.75 Å². The van der Waals surface area contributed by atoms with Crippen LogP contribution in [0.25, 0.3) is 0 Å². The maximum Gasteiger partial charge on any atom is 0.265 e. The van der Waals surface area contributed by atoms with E-state index < -0.39 is 10.0 Å². The average molecular weight is 305 g/mol. The number of hydrogen-bond donors (Lipinski definition) is 1. The van der Waals surface area contributed by atoms with Crippen molar-refractivity contribution in [1.82, 2.24) is 0 Å². The van der Waals surface area contributed by atoms with E-state index in [2.05, 4.69) is 4.72 Å². The Balaban J connectivity index is 2.43. The first-order valence-corrected chi connectivity index (χ1v) is 8.06. The second-order valence-corrected chi connectivity index (χ2v) is 6.73. The lowest BCUT2D eigenvalue weighted by Crippen LogP contribution is -2.15. The van der Waals surface area contributed by atoms with Crippen LogP contribution in [0.3, 0.4) is 0 Å². The van der Waals surface area contributed by atoms with Crippen LogP contribution >= 0.6 is 0 Å². The van der Waals surface area contributed by atoms with Crippen molar-refractivity contribution in [2.75, 3.05) is 11.8 Å². The highest BCUT2D eigenvalue weighted by molar-refractivity contribution is 7.92. The minimum atomic E-state index is -3.68. The Morgan fingerprint density at radius 3 is 2.19 bits per heavy atom. The van der Waals surface area contributed by atoms with Crippen molar-refractivity contribution in [3.8, 4) is 5.75 Å². The number of rotatable bonds is 4. The van der Waals surface area contributed by atoms with Crippen LogP contribution in [0.4, 0.5) is 5.69 Å². The van der Waals surface area contributed by atoms with E-state index in [0.717, 1.165) is 16.7 Å². The molecule has 2 aromatic carbocycles. The summed E-state index contributed by atoms with van der Waals surface area (Å²) in [5.74, 6) is 0.340. The van der Waals surface area contributed by atoms with E-state index in [1.165, 1.54) is 7.11 Å². The molecular formula is C16H19NO3S. The van der Waals surface area contributed by atoms with Gasteiger partial charge in [0.15, 0.2) is 0 Å². The molecule has 2 rings (SSSR count). The summed E-state index contributed by atoms with van der Waals surface area (Å²) in [7, 11) is -2.22. The topological polar surface area (TPSA) is 55.4 Å². The maximum absolute atomic E-state index is 12.5. The van der Waals surface area contributed by atoms with E-state index in [4.69, 9.17) is 4.74 Å². The van der Waals surface area contributed by atoms with Gasteiger partial charge in [-0.1, -0.05) is 23.8 Å². The van der Waals surface area contributed by atoms with Crippen molar-refractivity contribution >= 4 is 15.7 Å². The number of benzene rings is 2. The van der Waals surface area contributed by atoms with Crippen LogP contribution in [-0.2, 0) is 10.0 Å². The van der Waals surface area contributed by atoms with Gasteiger partial charge in [0.1, 0.15) is 10.6 Å². The third-order valence-corrected chi connectivity index (χ3v) is 4.64. The largest absolute Gasteiger partial charge is 0.495 e. The predicted molar refractivity (Wildman–Crippen MR) is 84.5 cm³/mol. The fourth-order valence-corrected chi connectivity index (χ4v) is 3.41. The Labute approximate surface area is 125 Å². The average Bonchev–Trinajstić information content (AvgIpc) is 2.41. The third-order valence-electron chi connectivity index (χ3n) is 3.23. The van der Waals surface area contributed by atoms with Gasteiger partial charge in [0.25, 0.3) is 10.0 Å². The van der Waals surface area contributed by atoms with Crippen molar-refractivity contribution in [2.24, 2.45) is 0 Å². The lowest BCUT2D eigenvalue weighted by molar-refractivity contribution is 0.402. The zero-order chi connectivity index (χ0) is 15.6. The lowest BCUT2D eigenvalue weighted by atomic mass is 10.1. The minimum Gasteiger partial charge on any atom is -0.495 e. The Morgan fingerprint density at radius 1 is 0.952 bits per heavy atom. The molecule has 21 heavy (non-hydrogen) atoms. The van der Waals surface area contributed by atoms with Crippen LogP contribution in [0.2, 0.25) is 0 Å². The molecule has 112 valence electrons. The van der Waals surface area contributed by atoms with Crippen molar-refractivity contribution < 1.29 is 13.2 Å². The van der Waals surface area contributed by atoms with E-state index in [1.54, 1.807) is 24.3 Å². The summed E-state index contributed by atoms with van der Waals surface area (Å²) in [4.78, 5) is 0.135. The fourth-order valence-electron chi connectivity index (χ4n) is 2.12. The highest BCUT2D eigenvalue weighted by atomic mass is 32.2. The second-order valence-electron chi connectivity index (χ2n) is 5.08. The smallest absolute Gasteiger partial charge is 0.265 e. The number of aryl methyl sites for hydroxylation is 3. The quantitative estimate of drug-likeness (QED) is 0.941. The molecular weight excluding hydrogens is 286 g/mol. The molecule has 0 aliphatic carbocycles. The summed E-state index contributed by atoms with van der Waals surface area (Å²) in [6.45, 7) is 5.72. The molecule has 0 saturated carbocycles. The molecule has 0 atom stereocenters. The molecule has 0 aliphatic heterocycles. The van der Waals surface area contributed by atoms with Gasteiger partial charge in [-0.25, -0.2) is 8.42 Å². The van der Waals surface area contributed by atoms with E-state index in [-0.39, 0.29) is 4.90 Å². The van der Waals surface area contributed by atoms with E-state index in [1.807, 2.05) is 32.9 Å². The number of nitrogens with one attached hydrogen (secondary N) is 1. The molecule has 0 amide bonds. The van der Waals surface area contributed by atoms with Gasteiger partial charge in [0.05, 0.1) is 12.8 Å². The molecule has 0 spiro atoms. The standard InChI is InChI=1S/C16H19NO3S/c1-11-5-7-14(13(3)9-11)17-21(18,19)16-8-6-12(2)10-15(16)20-4/h5-10,17H,1-4H3. The van der Waals surface area contributed by atoms with E-state index in [9.17, 15) is 8.42 Å². The second kappa shape index (κ2) is 5.77. The monoisotopic (exact) mass is 305 g/mol. The van der Waals surface area contributed by atoms with Crippen molar-refractivity contribution in [1.29, 1.82) is 0 Å². The molecule has 0 saturated heterocycles. The fraction of sp³-hybridized carbons (Fsp3) is 0.250. The summed E-state index contributed by atoms with van der Waals surface area (Å²) in [6.07, 6.45) is 0. The first-order chi connectivity index (χ1) is 9.83. The molecule has 0 bridgehead atoms. The van der Waals surface area contributed by atoms with Crippen molar-refractivity contribution in [2.45, 2.75) is 25.7 Å². The zero-order valence-electron chi connectivity index (χ0n) is 12.6. The van der Waals surface area contributed by atoms with Gasteiger partial charge in [-0.05, 0) is 50.1 Å². The molecule has 2 aromatic rings. The van der Waals surface area contributed by atoms with Gasteiger partial charge in [-0.15, -0.1) is 0 Å². The number of ether oxygens (including phenoxy) is 1. The number of sulfonamides is 1. The summed E-state index contributed by atoms with van der Waals surface area (Å²) >= 11 is 0. The highest BCUT2D eigenvalue weighted by Crippen LogP contribution is 2.27. The summed E-state index contributed by atoms with van der Waals surface area (Å²) < 4.78 is 32.9. The van der Waals surface area contributed by atoms with E-state index in [0.29, 0.717) is 11.4 Å². The first-order valence-electron chi connectivity index (χ1n) is 6.58. The molecule has 0 aromatic heterocycles. The third kappa shape index (κ3) is 3.36. The molecule has 5 heteroatoms. The SMILES string of the molecule is COc1cc(C)ccc1S(=O)(=O)Nc1ccc(C)cc1C. The van der Waals surface area contributed by atoms with E-state index >= 15 is 0 Å². The molecule has 0 fully saturated rings. The van der Waals surface area contributed by atoms with Crippen LogP contribution in [0.1, 0.15) is 16.7 Å². The van der Waals surface area contributed by atoms with Crippen molar-refractivity contribution in [3.63, 3.8) is 0 Å². The Bertz CT molecular complexity index is 767. The lowest BCUT2D eigenvalue weighted by Gasteiger charge is -2.14. The number of hydrogen-bond acceptors (Lipinski definition) is 3. The summed E-state index contributed by atoms with van der Waals surface area (Å²) in [6, 6.07) is 10.6. The Morgan fingerprint density at radius 2 is 1.57 bits per heavy atom. The van der Waals surface area contributed by atoms with Crippen LogP contribution in [0.15, 0.2) is 41.3 Å². The minimum absolute atomic E-state index is 0.135. The van der Waals surface area contributed by atoms with Crippen LogP contribution in [-0.4, -0.2) is 15.5 Å². The molecule has 0 radical (unpaired) electrons. The Hall–Kier alpha value is -2.01. The molecule has 0 heterocycles. The number of anilines is 1. The van der Waals surface area contributed by atoms with Crippen LogP contribution in [0, 0.1) is 20.8 Å².